The summed E-state index contributed by atoms with van der Waals surface area (Å²) in [5, 5.41) is 4.16. The van der Waals surface area contributed by atoms with Crippen LogP contribution in [0, 0.1) is 6.92 Å². The lowest BCUT2D eigenvalue weighted by atomic mass is 10.2. The maximum absolute atomic E-state index is 10.1. The Balaban J connectivity index is 3.16. The van der Waals surface area contributed by atoms with Crippen LogP contribution in [0.25, 0.3) is 6.08 Å². The second-order valence-electron chi connectivity index (χ2n) is 2.63. The molecule has 0 aliphatic rings. The van der Waals surface area contributed by atoms with E-state index in [2.05, 4.69) is 5.10 Å². The highest BCUT2D eigenvalue weighted by Gasteiger charge is 2.09. The van der Waals surface area contributed by atoms with E-state index in [1.807, 2.05) is 6.92 Å². The van der Waals surface area contributed by atoms with Crippen molar-refractivity contribution in [2.75, 3.05) is 7.11 Å². The molecular weight excluding hydrogens is 168 g/mol. The van der Waals surface area contributed by atoms with Gasteiger partial charge in [-0.1, -0.05) is 0 Å². The summed E-state index contributed by atoms with van der Waals surface area (Å²) >= 11 is 0. The number of methoxy groups -OCH3 is 1. The zero-order valence-electron chi connectivity index (χ0n) is 7.94. The fourth-order valence-electron chi connectivity index (χ4n) is 1.22. The Morgan fingerprint density at radius 2 is 2.23 bits per heavy atom. The summed E-state index contributed by atoms with van der Waals surface area (Å²) in [6, 6.07) is 0. The van der Waals surface area contributed by atoms with E-state index in [1.165, 1.54) is 6.08 Å². The Bertz CT molecular complexity index is 340. The van der Waals surface area contributed by atoms with E-state index in [0.717, 1.165) is 17.5 Å². The molecule has 0 atom stereocenters. The topological polar surface area (TPSA) is 44.1 Å². The highest BCUT2D eigenvalue weighted by molar-refractivity contribution is 5.75. The molecule has 4 nitrogen and oxygen atoms in total. The third-order valence-corrected chi connectivity index (χ3v) is 1.75. The van der Waals surface area contributed by atoms with Gasteiger partial charge in [-0.3, -0.25) is 4.79 Å². The molecule has 0 spiro atoms. The van der Waals surface area contributed by atoms with Crippen molar-refractivity contribution in [1.29, 1.82) is 0 Å². The van der Waals surface area contributed by atoms with Crippen LogP contribution in [0.5, 0.6) is 5.88 Å². The Morgan fingerprint density at radius 3 is 2.77 bits per heavy atom. The van der Waals surface area contributed by atoms with Crippen molar-refractivity contribution in [2.24, 2.45) is 7.05 Å². The molecule has 0 saturated carbocycles. The Hall–Kier alpha value is -1.58. The molecule has 1 aromatic heterocycles. The smallest absolute Gasteiger partial charge is 0.218 e. The summed E-state index contributed by atoms with van der Waals surface area (Å²) in [6.07, 6.45) is 3.84. The van der Waals surface area contributed by atoms with Gasteiger partial charge < -0.3 is 4.74 Å². The van der Waals surface area contributed by atoms with Gasteiger partial charge in [0.15, 0.2) is 0 Å². The molecule has 1 heterocycles. The first-order valence-corrected chi connectivity index (χ1v) is 3.90. The zero-order chi connectivity index (χ0) is 9.84. The van der Waals surface area contributed by atoms with Gasteiger partial charge in [-0.15, -0.1) is 0 Å². The highest BCUT2D eigenvalue weighted by Crippen LogP contribution is 2.21. The van der Waals surface area contributed by atoms with E-state index in [9.17, 15) is 4.79 Å². The summed E-state index contributed by atoms with van der Waals surface area (Å²) in [4.78, 5) is 10.1. The van der Waals surface area contributed by atoms with E-state index >= 15 is 0 Å². The molecular formula is C9H12N2O2. The van der Waals surface area contributed by atoms with Gasteiger partial charge in [0.25, 0.3) is 0 Å². The van der Waals surface area contributed by atoms with Gasteiger partial charge in [0.05, 0.1) is 18.4 Å². The lowest BCUT2D eigenvalue weighted by Crippen LogP contribution is -1.95. The van der Waals surface area contributed by atoms with Crippen molar-refractivity contribution < 1.29 is 9.53 Å². The molecule has 0 fully saturated rings. The molecule has 0 unspecified atom stereocenters. The van der Waals surface area contributed by atoms with Crippen LogP contribution >= 0.6 is 0 Å². The number of aryl methyl sites for hydroxylation is 2. The van der Waals surface area contributed by atoms with Crippen LogP contribution < -0.4 is 4.74 Å². The fourth-order valence-corrected chi connectivity index (χ4v) is 1.22. The van der Waals surface area contributed by atoms with Crippen LogP contribution in [0.15, 0.2) is 6.08 Å². The molecule has 13 heavy (non-hydrogen) atoms. The Labute approximate surface area is 76.8 Å². The first-order chi connectivity index (χ1) is 6.20. The van der Waals surface area contributed by atoms with E-state index in [1.54, 1.807) is 24.9 Å². The van der Waals surface area contributed by atoms with Gasteiger partial charge >= 0.3 is 0 Å². The van der Waals surface area contributed by atoms with Crippen molar-refractivity contribution in [2.45, 2.75) is 6.92 Å². The fraction of sp³-hybridized carbons (Fsp3) is 0.333. The first-order valence-electron chi connectivity index (χ1n) is 3.90. The third kappa shape index (κ3) is 1.77. The lowest BCUT2D eigenvalue weighted by molar-refractivity contribution is -0.104. The summed E-state index contributed by atoms with van der Waals surface area (Å²) in [6.45, 7) is 1.87. The average Bonchev–Trinajstić information content (AvgIpc) is 2.37. The number of allylic oxidation sites excluding steroid dienone is 1. The van der Waals surface area contributed by atoms with Gasteiger partial charge in [-0.25, -0.2) is 4.68 Å². The van der Waals surface area contributed by atoms with Crippen molar-refractivity contribution in [1.82, 2.24) is 9.78 Å². The van der Waals surface area contributed by atoms with E-state index in [4.69, 9.17) is 4.74 Å². The number of ether oxygens (including phenoxy) is 1. The van der Waals surface area contributed by atoms with Crippen LogP contribution in [-0.4, -0.2) is 23.2 Å². The summed E-state index contributed by atoms with van der Waals surface area (Å²) in [7, 11) is 3.37. The van der Waals surface area contributed by atoms with Crippen molar-refractivity contribution in [3.05, 3.63) is 17.3 Å². The van der Waals surface area contributed by atoms with E-state index < -0.39 is 0 Å². The number of hydrogen-bond donors (Lipinski definition) is 0. The van der Waals surface area contributed by atoms with Gasteiger partial charge in [0.1, 0.15) is 6.29 Å². The standard InChI is InChI=1S/C9H12N2O2/c1-7-8(5-4-6-12)9(13-3)11(2)10-7/h4-6H,1-3H3/b5-4+. The minimum Gasteiger partial charge on any atom is -0.481 e. The summed E-state index contributed by atoms with van der Waals surface area (Å²) < 4.78 is 6.77. The molecule has 70 valence electrons. The molecule has 4 heteroatoms. The van der Waals surface area contributed by atoms with Crippen molar-refractivity contribution in [3.8, 4) is 5.88 Å². The predicted molar refractivity (Wildman–Crippen MR) is 49.6 cm³/mol. The Kier molecular flexibility index (Phi) is 2.84. The van der Waals surface area contributed by atoms with E-state index in [-0.39, 0.29) is 0 Å². The van der Waals surface area contributed by atoms with Gasteiger partial charge in [0, 0.05) is 7.05 Å². The minimum atomic E-state index is 0.663. The number of nitrogens with zero attached hydrogens (tertiary/aromatic N) is 2. The van der Waals surface area contributed by atoms with Gasteiger partial charge in [0.2, 0.25) is 5.88 Å². The van der Waals surface area contributed by atoms with Crippen LogP contribution in [-0.2, 0) is 11.8 Å². The van der Waals surface area contributed by atoms with Gasteiger partial charge in [-0.2, -0.15) is 5.10 Å². The molecule has 0 saturated heterocycles. The summed E-state index contributed by atoms with van der Waals surface area (Å²) in [5.74, 6) is 0.663. The molecule has 0 aliphatic carbocycles. The summed E-state index contributed by atoms with van der Waals surface area (Å²) in [5.41, 5.74) is 1.69. The van der Waals surface area contributed by atoms with Crippen LogP contribution in [0.3, 0.4) is 0 Å². The lowest BCUT2D eigenvalue weighted by Gasteiger charge is -1.99. The number of rotatable bonds is 3. The molecule has 0 aromatic carbocycles. The van der Waals surface area contributed by atoms with Crippen molar-refractivity contribution >= 4 is 12.4 Å². The number of hydrogen-bond acceptors (Lipinski definition) is 3. The average molecular weight is 180 g/mol. The number of aldehydes is 1. The predicted octanol–water partition coefficient (Wildman–Crippen LogP) is 0.949. The molecule has 1 rings (SSSR count). The maximum Gasteiger partial charge on any atom is 0.218 e. The minimum absolute atomic E-state index is 0.663. The molecule has 0 bridgehead atoms. The quantitative estimate of drug-likeness (QED) is 0.514. The van der Waals surface area contributed by atoms with Crippen LogP contribution in [0.2, 0.25) is 0 Å². The number of aromatic nitrogens is 2. The number of carbonyl (C=O) groups is 1. The normalized spacial score (nSPS) is 10.7. The molecule has 1 aromatic rings. The first kappa shape index (κ1) is 9.51. The second kappa shape index (κ2) is 3.89. The number of carbonyl (C=O) groups excluding carboxylic acids is 1. The SMILES string of the molecule is COc1c(/C=C/C=O)c(C)nn1C. The largest absolute Gasteiger partial charge is 0.481 e. The Morgan fingerprint density at radius 1 is 1.54 bits per heavy atom. The van der Waals surface area contributed by atoms with Gasteiger partial charge in [-0.05, 0) is 19.1 Å². The zero-order valence-corrected chi connectivity index (χ0v) is 7.94. The van der Waals surface area contributed by atoms with Crippen molar-refractivity contribution in [3.63, 3.8) is 0 Å². The molecule has 0 N–H and O–H groups in total. The maximum atomic E-state index is 10.1. The third-order valence-electron chi connectivity index (χ3n) is 1.75. The van der Waals surface area contributed by atoms with Crippen LogP contribution in [0.4, 0.5) is 0 Å². The molecule has 0 radical (unpaired) electrons. The monoisotopic (exact) mass is 180 g/mol. The van der Waals surface area contributed by atoms with E-state index in [0.29, 0.717) is 5.88 Å². The highest BCUT2D eigenvalue weighted by atomic mass is 16.5. The molecule has 0 amide bonds. The van der Waals surface area contributed by atoms with Crippen LogP contribution in [0.1, 0.15) is 11.3 Å². The second-order valence-corrected chi connectivity index (χ2v) is 2.63. The molecule has 0 aliphatic heterocycles.